The molecule has 1 saturated carbocycles. The predicted molar refractivity (Wildman–Crippen MR) is 89.1 cm³/mol. The van der Waals surface area contributed by atoms with Gasteiger partial charge in [-0.1, -0.05) is 12.1 Å². The van der Waals surface area contributed by atoms with E-state index in [0.717, 1.165) is 24.8 Å². The number of rotatable bonds is 4. The molecule has 0 aliphatic heterocycles. The molecule has 2 nitrogen and oxygen atoms in total. The number of halogens is 2. The van der Waals surface area contributed by atoms with Crippen LogP contribution in [0.15, 0.2) is 47.4 Å². The van der Waals surface area contributed by atoms with Crippen molar-refractivity contribution in [3.63, 3.8) is 0 Å². The zero-order valence-electron chi connectivity index (χ0n) is 12.9. The van der Waals surface area contributed by atoms with E-state index in [1.54, 1.807) is 12.1 Å². The maximum absolute atomic E-state index is 13.9. The first kappa shape index (κ1) is 16.1. The lowest BCUT2D eigenvalue weighted by Gasteiger charge is -2.15. The number of anilines is 1. The second kappa shape index (κ2) is 6.79. The minimum Gasteiger partial charge on any atom is -0.382 e. The third-order valence-electron chi connectivity index (χ3n) is 4.39. The maximum Gasteiger partial charge on any atom is 0.141 e. The first-order chi connectivity index (χ1) is 11.0. The smallest absolute Gasteiger partial charge is 0.141 e. The van der Waals surface area contributed by atoms with Gasteiger partial charge in [-0.15, -0.1) is 0 Å². The molecule has 0 amide bonds. The molecule has 1 N–H and O–H groups in total. The van der Waals surface area contributed by atoms with Crippen molar-refractivity contribution < 1.29 is 13.0 Å². The monoisotopic (exact) mass is 335 g/mol. The lowest BCUT2D eigenvalue weighted by atomic mass is 9.97. The number of hydrogen-bond acceptors (Lipinski definition) is 2. The van der Waals surface area contributed by atoms with Crippen LogP contribution >= 0.6 is 0 Å². The summed E-state index contributed by atoms with van der Waals surface area (Å²) in [6.07, 6.45) is 4.43. The van der Waals surface area contributed by atoms with Crippen molar-refractivity contribution in [2.45, 2.75) is 36.1 Å². The Labute approximate surface area is 137 Å². The fourth-order valence-electron chi connectivity index (χ4n) is 3.21. The molecular weight excluding hydrogens is 316 g/mol. The summed E-state index contributed by atoms with van der Waals surface area (Å²) in [6.45, 7) is 0. The minimum atomic E-state index is -1.32. The molecule has 0 aromatic heterocycles. The lowest BCUT2D eigenvalue weighted by molar-refractivity contribution is 0.596. The average Bonchev–Trinajstić information content (AvgIpc) is 2.96. The molecule has 3 atom stereocenters. The van der Waals surface area contributed by atoms with Crippen molar-refractivity contribution in [1.29, 1.82) is 0 Å². The second-order valence-corrected chi connectivity index (χ2v) is 7.35. The SMILES string of the molecule is CS(=O)c1ccc(NC2CCC(c3ccc(F)cc3)C2)cc1F. The highest BCUT2D eigenvalue weighted by atomic mass is 32.2. The molecule has 1 fully saturated rings. The summed E-state index contributed by atoms with van der Waals surface area (Å²) in [6, 6.07) is 11.7. The molecule has 0 bridgehead atoms. The van der Waals surface area contributed by atoms with Crippen molar-refractivity contribution in [3.8, 4) is 0 Å². The zero-order chi connectivity index (χ0) is 16.4. The van der Waals surface area contributed by atoms with Gasteiger partial charge in [-0.2, -0.15) is 0 Å². The van der Waals surface area contributed by atoms with Crippen LogP contribution in [-0.4, -0.2) is 16.5 Å². The van der Waals surface area contributed by atoms with Gasteiger partial charge in [0, 0.05) is 18.0 Å². The molecule has 2 aromatic rings. The van der Waals surface area contributed by atoms with Gasteiger partial charge in [-0.25, -0.2) is 8.78 Å². The highest BCUT2D eigenvalue weighted by molar-refractivity contribution is 7.84. The maximum atomic E-state index is 13.9. The predicted octanol–water partition coefficient (Wildman–Crippen LogP) is 4.45. The molecule has 3 rings (SSSR count). The summed E-state index contributed by atoms with van der Waals surface area (Å²) < 4.78 is 38.3. The largest absolute Gasteiger partial charge is 0.382 e. The van der Waals surface area contributed by atoms with Crippen molar-refractivity contribution in [2.24, 2.45) is 0 Å². The third kappa shape index (κ3) is 3.78. The summed E-state index contributed by atoms with van der Waals surface area (Å²) in [7, 11) is -1.32. The summed E-state index contributed by atoms with van der Waals surface area (Å²) in [5, 5.41) is 3.35. The van der Waals surface area contributed by atoms with Crippen LogP contribution in [0.5, 0.6) is 0 Å². The van der Waals surface area contributed by atoms with Crippen LogP contribution in [0.4, 0.5) is 14.5 Å². The fourth-order valence-corrected chi connectivity index (χ4v) is 3.80. The Morgan fingerprint density at radius 2 is 1.83 bits per heavy atom. The van der Waals surface area contributed by atoms with E-state index < -0.39 is 16.6 Å². The van der Waals surface area contributed by atoms with Gasteiger partial charge in [-0.3, -0.25) is 4.21 Å². The Kier molecular flexibility index (Phi) is 4.76. The van der Waals surface area contributed by atoms with Gasteiger partial charge in [0.2, 0.25) is 0 Å². The molecule has 5 heteroatoms. The molecule has 0 spiro atoms. The van der Waals surface area contributed by atoms with E-state index in [2.05, 4.69) is 5.32 Å². The van der Waals surface area contributed by atoms with Crippen LogP contribution in [0.1, 0.15) is 30.7 Å². The number of hydrogen-bond donors (Lipinski definition) is 1. The van der Waals surface area contributed by atoms with E-state index >= 15 is 0 Å². The van der Waals surface area contributed by atoms with E-state index in [1.807, 2.05) is 12.1 Å². The van der Waals surface area contributed by atoms with Crippen LogP contribution in [0.2, 0.25) is 0 Å². The van der Waals surface area contributed by atoms with Gasteiger partial charge in [0.25, 0.3) is 0 Å². The Balaban J connectivity index is 1.65. The Morgan fingerprint density at radius 3 is 2.48 bits per heavy atom. The van der Waals surface area contributed by atoms with Crippen molar-refractivity contribution in [2.75, 3.05) is 11.6 Å². The van der Waals surface area contributed by atoms with Crippen LogP contribution in [0, 0.1) is 11.6 Å². The highest BCUT2D eigenvalue weighted by Crippen LogP contribution is 2.36. The standard InChI is InChI=1S/C18H19F2NOS/c1-23(22)18-9-8-16(11-17(18)20)21-15-7-4-13(10-15)12-2-5-14(19)6-3-12/h2-3,5-6,8-9,11,13,15,21H,4,7,10H2,1H3. The van der Waals surface area contributed by atoms with Crippen molar-refractivity contribution in [3.05, 3.63) is 59.7 Å². The van der Waals surface area contributed by atoms with E-state index in [-0.39, 0.29) is 16.8 Å². The molecule has 0 radical (unpaired) electrons. The lowest BCUT2D eigenvalue weighted by Crippen LogP contribution is -2.15. The number of nitrogens with one attached hydrogen (secondary N) is 1. The molecule has 2 aromatic carbocycles. The topological polar surface area (TPSA) is 29.1 Å². The molecule has 3 unspecified atom stereocenters. The van der Waals surface area contributed by atoms with Gasteiger partial charge in [0.15, 0.2) is 0 Å². The van der Waals surface area contributed by atoms with Gasteiger partial charge in [0.1, 0.15) is 11.6 Å². The van der Waals surface area contributed by atoms with E-state index in [0.29, 0.717) is 11.6 Å². The second-order valence-electron chi connectivity index (χ2n) is 6.00. The first-order valence-corrected chi connectivity index (χ1v) is 9.23. The molecule has 1 aliphatic rings. The zero-order valence-corrected chi connectivity index (χ0v) is 13.7. The van der Waals surface area contributed by atoms with E-state index in [4.69, 9.17) is 0 Å². The first-order valence-electron chi connectivity index (χ1n) is 7.68. The van der Waals surface area contributed by atoms with Gasteiger partial charge in [0.05, 0.1) is 15.7 Å². The van der Waals surface area contributed by atoms with Gasteiger partial charge >= 0.3 is 0 Å². The van der Waals surface area contributed by atoms with Gasteiger partial charge < -0.3 is 5.32 Å². The highest BCUT2D eigenvalue weighted by Gasteiger charge is 2.26. The fraction of sp³-hybridized carbons (Fsp3) is 0.333. The minimum absolute atomic E-state index is 0.217. The van der Waals surface area contributed by atoms with Crippen molar-refractivity contribution in [1.82, 2.24) is 0 Å². The molecule has 1 aliphatic carbocycles. The molecule has 122 valence electrons. The molecule has 0 heterocycles. The summed E-state index contributed by atoms with van der Waals surface area (Å²) >= 11 is 0. The Hall–Kier alpha value is -1.75. The summed E-state index contributed by atoms with van der Waals surface area (Å²) in [5.41, 5.74) is 1.86. The van der Waals surface area contributed by atoms with Crippen LogP contribution in [0.25, 0.3) is 0 Å². The van der Waals surface area contributed by atoms with E-state index in [9.17, 15) is 13.0 Å². The quantitative estimate of drug-likeness (QED) is 0.894. The van der Waals surface area contributed by atoms with Crippen molar-refractivity contribution >= 4 is 16.5 Å². The molecule has 0 saturated heterocycles. The summed E-state index contributed by atoms with van der Waals surface area (Å²) in [5.74, 6) is -0.255. The van der Waals surface area contributed by atoms with Crippen LogP contribution in [-0.2, 0) is 10.8 Å². The van der Waals surface area contributed by atoms with Gasteiger partial charge in [-0.05, 0) is 61.1 Å². The summed E-state index contributed by atoms with van der Waals surface area (Å²) in [4.78, 5) is 0.228. The third-order valence-corrected chi connectivity index (χ3v) is 5.34. The Morgan fingerprint density at radius 1 is 1.09 bits per heavy atom. The molecular formula is C18H19F2NOS. The van der Waals surface area contributed by atoms with Crippen LogP contribution in [0.3, 0.4) is 0 Å². The van der Waals surface area contributed by atoms with E-state index in [1.165, 1.54) is 24.5 Å². The average molecular weight is 335 g/mol. The van der Waals surface area contributed by atoms with Crippen LogP contribution < -0.4 is 5.32 Å². The number of benzene rings is 2. The normalized spacial score (nSPS) is 22.0. The molecule has 23 heavy (non-hydrogen) atoms. The Bertz CT molecular complexity index is 717.